The van der Waals surface area contributed by atoms with Crippen LogP contribution in [-0.2, 0) is 0 Å². The highest BCUT2D eigenvalue weighted by Crippen LogP contribution is 2.17. The van der Waals surface area contributed by atoms with Crippen molar-refractivity contribution in [3.63, 3.8) is 0 Å². The van der Waals surface area contributed by atoms with Crippen molar-refractivity contribution >= 4 is 23.4 Å². The van der Waals surface area contributed by atoms with Gasteiger partial charge in [0.2, 0.25) is 0 Å². The molecule has 1 atom stereocenters. The third kappa shape index (κ3) is 3.36. The maximum absolute atomic E-state index is 10.8. The molecule has 6 heteroatoms. The topological polar surface area (TPSA) is 82.5 Å². The Morgan fingerprint density at radius 1 is 1.69 bits per heavy atom. The minimum Gasteiger partial charge on any atom is -0.478 e. The molecule has 0 aromatic carbocycles. The van der Waals surface area contributed by atoms with E-state index in [0.717, 1.165) is 0 Å². The zero-order valence-corrected chi connectivity index (χ0v) is 9.53. The third-order valence-electron chi connectivity index (χ3n) is 2.08. The van der Waals surface area contributed by atoms with Gasteiger partial charge >= 0.3 is 5.97 Å². The summed E-state index contributed by atoms with van der Waals surface area (Å²) in [6.45, 7) is 2.18. The van der Waals surface area contributed by atoms with Gasteiger partial charge in [-0.25, -0.2) is 9.78 Å². The van der Waals surface area contributed by atoms with Crippen molar-refractivity contribution < 1.29 is 15.0 Å². The number of carboxylic acids is 1. The van der Waals surface area contributed by atoms with E-state index in [0.29, 0.717) is 18.8 Å². The molecule has 0 aliphatic heterocycles. The molecule has 3 N–H and O–H groups in total. The summed E-state index contributed by atoms with van der Waals surface area (Å²) in [5.74, 6) is -0.721. The highest BCUT2D eigenvalue weighted by molar-refractivity contribution is 6.33. The lowest BCUT2D eigenvalue weighted by molar-refractivity contribution is 0.0697. The minimum absolute atomic E-state index is 0.00912. The number of rotatable bonds is 5. The Kier molecular flexibility index (Phi) is 4.52. The van der Waals surface area contributed by atoms with Crippen molar-refractivity contribution in [1.29, 1.82) is 0 Å². The Hall–Kier alpha value is -1.33. The molecular weight excluding hydrogens is 232 g/mol. The monoisotopic (exact) mass is 244 g/mol. The summed E-state index contributed by atoms with van der Waals surface area (Å²) in [5, 5.41) is 21.1. The molecule has 16 heavy (non-hydrogen) atoms. The molecule has 1 aromatic rings. The molecule has 0 saturated carbocycles. The number of carbonyl (C=O) groups is 1. The highest BCUT2D eigenvalue weighted by Gasteiger charge is 2.10. The van der Waals surface area contributed by atoms with Crippen molar-refractivity contribution in [2.75, 3.05) is 11.9 Å². The van der Waals surface area contributed by atoms with Crippen LogP contribution in [0.25, 0.3) is 0 Å². The van der Waals surface area contributed by atoms with Gasteiger partial charge in [0.25, 0.3) is 0 Å². The number of aliphatic hydroxyl groups is 1. The van der Waals surface area contributed by atoms with Gasteiger partial charge in [-0.3, -0.25) is 0 Å². The number of halogens is 1. The van der Waals surface area contributed by atoms with E-state index in [9.17, 15) is 9.90 Å². The first kappa shape index (κ1) is 12.7. The lowest BCUT2D eigenvalue weighted by Gasteiger charge is -2.10. The summed E-state index contributed by atoms with van der Waals surface area (Å²) in [7, 11) is 0. The fraction of sp³-hybridized carbons (Fsp3) is 0.400. The van der Waals surface area contributed by atoms with Crippen LogP contribution < -0.4 is 5.32 Å². The Balaban J connectivity index is 2.75. The van der Waals surface area contributed by atoms with Crippen molar-refractivity contribution in [1.82, 2.24) is 4.98 Å². The molecule has 0 bridgehead atoms. The van der Waals surface area contributed by atoms with Gasteiger partial charge in [0.05, 0.1) is 16.7 Å². The van der Waals surface area contributed by atoms with Crippen LogP contribution >= 0.6 is 11.6 Å². The van der Waals surface area contributed by atoms with Crippen LogP contribution in [0, 0.1) is 0 Å². The summed E-state index contributed by atoms with van der Waals surface area (Å²) in [6.07, 6.45) is 1.41. The normalized spacial score (nSPS) is 12.2. The average molecular weight is 245 g/mol. The summed E-state index contributed by atoms with van der Waals surface area (Å²) in [6, 6.07) is 1.34. The summed E-state index contributed by atoms with van der Waals surface area (Å²) in [4.78, 5) is 14.7. The number of nitrogens with zero attached hydrogens (tertiary/aromatic N) is 1. The summed E-state index contributed by atoms with van der Waals surface area (Å²) >= 11 is 5.66. The van der Waals surface area contributed by atoms with Crippen LogP contribution in [0.1, 0.15) is 23.7 Å². The van der Waals surface area contributed by atoms with Crippen molar-refractivity contribution in [3.8, 4) is 0 Å². The SMILES string of the molecule is CCC(O)CNc1cc(C(=O)O)c(Cl)cn1. The van der Waals surface area contributed by atoms with Crippen molar-refractivity contribution in [2.24, 2.45) is 0 Å². The number of nitrogens with one attached hydrogen (secondary N) is 1. The van der Waals surface area contributed by atoms with Gasteiger partial charge in [-0.15, -0.1) is 0 Å². The minimum atomic E-state index is -1.11. The second-order valence-corrected chi connectivity index (χ2v) is 3.70. The van der Waals surface area contributed by atoms with Gasteiger partial charge in [0.1, 0.15) is 5.82 Å². The molecule has 88 valence electrons. The van der Waals surface area contributed by atoms with Gasteiger partial charge in [0.15, 0.2) is 0 Å². The van der Waals surface area contributed by atoms with Crippen LogP contribution in [0.4, 0.5) is 5.82 Å². The van der Waals surface area contributed by atoms with Crippen LogP contribution in [0.2, 0.25) is 5.02 Å². The number of aliphatic hydroxyl groups excluding tert-OH is 1. The first-order chi connectivity index (χ1) is 7.54. The van der Waals surface area contributed by atoms with E-state index in [1.54, 1.807) is 0 Å². The number of carboxylic acid groups (broad SMARTS) is 1. The van der Waals surface area contributed by atoms with Crippen LogP contribution in [0.5, 0.6) is 0 Å². The van der Waals surface area contributed by atoms with Gasteiger partial charge in [-0.1, -0.05) is 18.5 Å². The Morgan fingerprint density at radius 2 is 2.38 bits per heavy atom. The number of hydrogen-bond acceptors (Lipinski definition) is 4. The molecule has 0 spiro atoms. The van der Waals surface area contributed by atoms with Crippen LogP contribution in [0.15, 0.2) is 12.3 Å². The van der Waals surface area contributed by atoms with E-state index in [-0.39, 0.29) is 10.6 Å². The number of anilines is 1. The largest absolute Gasteiger partial charge is 0.478 e. The zero-order chi connectivity index (χ0) is 12.1. The molecule has 0 fully saturated rings. The molecule has 1 heterocycles. The molecule has 0 radical (unpaired) electrons. The van der Waals surface area contributed by atoms with Gasteiger partial charge in [-0.05, 0) is 12.5 Å². The maximum atomic E-state index is 10.8. The number of hydrogen-bond donors (Lipinski definition) is 3. The average Bonchev–Trinajstić information content (AvgIpc) is 2.27. The zero-order valence-electron chi connectivity index (χ0n) is 8.77. The molecular formula is C10H13ClN2O3. The number of aromatic nitrogens is 1. The smallest absolute Gasteiger partial charge is 0.337 e. The van der Waals surface area contributed by atoms with E-state index in [4.69, 9.17) is 16.7 Å². The number of pyridine rings is 1. The highest BCUT2D eigenvalue weighted by atomic mass is 35.5. The predicted molar refractivity (Wildman–Crippen MR) is 61.0 cm³/mol. The number of aromatic carboxylic acids is 1. The first-order valence-electron chi connectivity index (χ1n) is 4.85. The molecule has 1 aromatic heterocycles. The van der Waals surface area contributed by atoms with Gasteiger partial charge < -0.3 is 15.5 Å². The van der Waals surface area contributed by atoms with E-state index in [1.807, 2.05) is 6.92 Å². The Labute approximate surface area is 98.1 Å². The molecule has 0 amide bonds. The maximum Gasteiger partial charge on any atom is 0.337 e. The molecule has 0 saturated heterocycles. The molecule has 5 nitrogen and oxygen atoms in total. The van der Waals surface area contributed by atoms with E-state index in [2.05, 4.69) is 10.3 Å². The van der Waals surface area contributed by atoms with Crippen LogP contribution in [0.3, 0.4) is 0 Å². The second-order valence-electron chi connectivity index (χ2n) is 3.30. The fourth-order valence-electron chi connectivity index (χ4n) is 1.07. The fourth-order valence-corrected chi connectivity index (χ4v) is 1.25. The van der Waals surface area contributed by atoms with E-state index in [1.165, 1.54) is 12.3 Å². The van der Waals surface area contributed by atoms with Crippen LogP contribution in [-0.4, -0.2) is 33.8 Å². The molecule has 0 aliphatic rings. The Morgan fingerprint density at radius 3 is 2.94 bits per heavy atom. The lowest BCUT2D eigenvalue weighted by Crippen LogP contribution is -2.19. The van der Waals surface area contributed by atoms with Gasteiger partial charge in [0, 0.05) is 12.7 Å². The molecule has 0 aliphatic carbocycles. The standard InChI is InChI=1S/C10H13ClN2O3/c1-2-6(14)4-12-9-3-7(10(15)16)8(11)5-13-9/h3,5-6,14H,2,4H2,1H3,(H,12,13)(H,15,16). The molecule has 1 rings (SSSR count). The molecule has 1 unspecified atom stereocenters. The summed E-state index contributed by atoms with van der Waals surface area (Å²) < 4.78 is 0. The van der Waals surface area contributed by atoms with E-state index >= 15 is 0 Å². The van der Waals surface area contributed by atoms with Gasteiger partial charge in [-0.2, -0.15) is 0 Å². The second kappa shape index (κ2) is 5.67. The lowest BCUT2D eigenvalue weighted by atomic mass is 10.2. The van der Waals surface area contributed by atoms with Crippen molar-refractivity contribution in [3.05, 3.63) is 22.8 Å². The quantitative estimate of drug-likeness (QED) is 0.733. The Bertz CT molecular complexity index is 384. The predicted octanol–water partition coefficient (Wildman–Crippen LogP) is 1.62. The first-order valence-corrected chi connectivity index (χ1v) is 5.23. The van der Waals surface area contributed by atoms with Crippen molar-refractivity contribution in [2.45, 2.75) is 19.4 Å². The van der Waals surface area contributed by atoms with E-state index < -0.39 is 12.1 Å². The summed E-state index contributed by atoms with van der Waals surface area (Å²) in [5.41, 5.74) is -0.00912. The third-order valence-corrected chi connectivity index (χ3v) is 2.38.